The maximum Gasteiger partial charge on any atom is 0.105 e. The van der Waals surface area contributed by atoms with Crippen molar-refractivity contribution in [2.75, 3.05) is 0 Å². The second-order valence-corrected chi connectivity index (χ2v) is 5.71. The second-order valence-electron chi connectivity index (χ2n) is 5.71. The predicted molar refractivity (Wildman–Crippen MR) is 76.7 cm³/mol. The van der Waals surface area contributed by atoms with Crippen LogP contribution in [0.5, 0.6) is 0 Å². The van der Waals surface area contributed by atoms with Crippen LogP contribution in [0.1, 0.15) is 59.3 Å². The number of rotatable bonds is 0. The van der Waals surface area contributed by atoms with Crippen LogP contribution in [0.4, 0.5) is 0 Å². The summed E-state index contributed by atoms with van der Waals surface area (Å²) in [5.74, 6) is 1.74. The van der Waals surface area contributed by atoms with Crippen molar-refractivity contribution >= 4 is 7.85 Å². The fraction of sp³-hybridized carbons (Fsp3) is 0.733. The van der Waals surface area contributed by atoms with E-state index in [0.29, 0.717) is 0 Å². The molecule has 90 valence electrons. The van der Waals surface area contributed by atoms with E-state index in [4.69, 9.17) is 0 Å². The van der Waals surface area contributed by atoms with Gasteiger partial charge in [-0.05, 0) is 51.9 Å². The second kappa shape index (κ2) is 6.99. The Morgan fingerprint density at radius 1 is 1.00 bits per heavy atom. The van der Waals surface area contributed by atoms with Gasteiger partial charge in [0.25, 0.3) is 0 Å². The molecule has 0 N–H and O–H groups in total. The van der Waals surface area contributed by atoms with Crippen LogP contribution in [0.2, 0.25) is 5.82 Å². The Labute approximate surface area is 103 Å². The van der Waals surface area contributed by atoms with Gasteiger partial charge in [-0.3, -0.25) is 0 Å². The van der Waals surface area contributed by atoms with Gasteiger partial charge < -0.3 is 0 Å². The van der Waals surface area contributed by atoms with E-state index in [2.05, 4.69) is 40.8 Å². The molecule has 0 saturated heterocycles. The molecular formula is C15H27B. The topological polar surface area (TPSA) is 0 Å². The maximum atomic E-state index is 2.45. The van der Waals surface area contributed by atoms with Gasteiger partial charge in [-0.1, -0.05) is 42.5 Å². The van der Waals surface area contributed by atoms with Crippen molar-refractivity contribution in [3.63, 3.8) is 0 Å². The molecule has 1 rings (SSSR count). The highest BCUT2D eigenvalue weighted by Gasteiger charge is 2.11. The van der Waals surface area contributed by atoms with Gasteiger partial charge >= 0.3 is 0 Å². The predicted octanol–water partition coefficient (Wildman–Crippen LogP) is 4.29. The van der Waals surface area contributed by atoms with Gasteiger partial charge in [-0.15, -0.1) is 0 Å². The lowest BCUT2D eigenvalue weighted by Gasteiger charge is -2.20. The van der Waals surface area contributed by atoms with Gasteiger partial charge in [-0.25, -0.2) is 0 Å². The molecular weight excluding hydrogens is 191 g/mol. The molecule has 16 heavy (non-hydrogen) atoms. The van der Waals surface area contributed by atoms with Crippen LogP contribution in [0.3, 0.4) is 0 Å². The van der Waals surface area contributed by atoms with E-state index in [1.165, 1.54) is 38.5 Å². The highest BCUT2D eigenvalue weighted by Crippen LogP contribution is 2.27. The lowest BCUT2D eigenvalue weighted by molar-refractivity contribution is 0.475. The van der Waals surface area contributed by atoms with Gasteiger partial charge in [0, 0.05) is 0 Å². The Kier molecular flexibility index (Phi) is 5.94. The van der Waals surface area contributed by atoms with Crippen LogP contribution in [0, 0.1) is 5.92 Å². The summed E-state index contributed by atoms with van der Waals surface area (Å²) in [5.41, 5.74) is 3.16. The van der Waals surface area contributed by atoms with E-state index in [0.717, 1.165) is 11.7 Å². The van der Waals surface area contributed by atoms with Crippen molar-refractivity contribution in [3.05, 3.63) is 23.3 Å². The summed E-state index contributed by atoms with van der Waals surface area (Å²) in [4.78, 5) is 0. The minimum Gasteiger partial charge on any atom is -0.0856 e. The van der Waals surface area contributed by atoms with Gasteiger partial charge in [0.05, 0.1) is 0 Å². The van der Waals surface area contributed by atoms with Crippen LogP contribution < -0.4 is 0 Å². The van der Waals surface area contributed by atoms with Gasteiger partial charge in [0.15, 0.2) is 0 Å². The summed E-state index contributed by atoms with van der Waals surface area (Å²) in [6.45, 7) is 6.99. The standard InChI is InChI=1S/C15H27B/c1-12-6-4-7-13(2)10-11-14(3)15(16)9-5-8-12/h7-8,14-15H,4-6,9-11,16H2,1-3H3/b12-8-,13-7-. The summed E-state index contributed by atoms with van der Waals surface area (Å²) in [6, 6.07) is 0. The zero-order chi connectivity index (χ0) is 12.0. The fourth-order valence-electron chi connectivity index (χ4n) is 2.37. The molecule has 0 radical (unpaired) electrons. The first-order valence-corrected chi connectivity index (χ1v) is 6.91. The Hall–Kier alpha value is -0.455. The minimum absolute atomic E-state index is 0.872. The molecule has 0 saturated carbocycles. The molecule has 1 aliphatic carbocycles. The Morgan fingerprint density at radius 2 is 1.62 bits per heavy atom. The third-order valence-corrected chi connectivity index (χ3v) is 4.11. The quantitative estimate of drug-likeness (QED) is 0.420. The van der Waals surface area contributed by atoms with E-state index in [-0.39, 0.29) is 0 Å². The van der Waals surface area contributed by atoms with E-state index < -0.39 is 0 Å². The van der Waals surface area contributed by atoms with Crippen molar-refractivity contribution in [3.8, 4) is 0 Å². The van der Waals surface area contributed by atoms with Crippen LogP contribution in [0.25, 0.3) is 0 Å². The maximum absolute atomic E-state index is 2.45. The fourth-order valence-corrected chi connectivity index (χ4v) is 2.37. The molecule has 1 heteroatoms. The molecule has 0 fully saturated rings. The molecule has 0 bridgehead atoms. The molecule has 0 aromatic carbocycles. The van der Waals surface area contributed by atoms with Crippen molar-refractivity contribution in [2.24, 2.45) is 5.92 Å². The molecule has 0 spiro atoms. The zero-order valence-electron chi connectivity index (χ0n) is 11.6. The van der Waals surface area contributed by atoms with Crippen LogP contribution >= 0.6 is 0 Å². The number of allylic oxidation sites excluding steroid dienone is 4. The van der Waals surface area contributed by atoms with Gasteiger partial charge in [-0.2, -0.15) is 0 Å². The average Bonchev–Trinajstić information content (AvgIpc) is 2.24. The minimum atomic E-state index is 0.872. The highest BCUT2D eigenvalue weighted by atomic mass is 14.1. The SMILES string of the molecule is BC1CC/C=C(/C)CC/C=C(/C)CCC1C. The molecule has 0 aromatic rings. The molecule has 2 unspecified atom stereocenters. The third kappa shape index (κ3) is 5.05. The number of hydrogen-bond acceptors (Lipinski definition) is 0. The Balaban J connectivity index is 2.61. The Morgan fingerprint density at radius 3 is 2.38 bits per heavy atom. The summed E-state index contributed by atoms with van der Waals surface area (Å²) < 4.78 is 0. The lowest BCUT2D eigenvalue weighted by atomic mass is 9.72. The molecule has 0 aliphatic heterocycles. The van der Waals surface area contributed by atoms with Crippen LogP contribution in [-0.2, 0) is 0 Å². The summed E-state index contributed by atoms with van der Waals surface area (Å²) in [6.07, 6.45) is 12.7. The van der Waals surface area contributed by atoms with E-state index >= 15 is 0 Å². The van der Waals surface area contributed by atoms with E-state index in [1.807, 2.05) is 0 Å². The van der Waals surface area contributed by atoms with Crippen molar-refractivity contribution in [1.82, 2.24) is 0 Å². The first-order chi connectivity index (χ1) is 7.59. The molecule has 1 aliphatic rings. The molecule has 0 nitrogen and oxygen atoms in total. The van der Waals surface area contributed by atoms with Crippen LogP contribution in [0.15, 0.2) is 23.3 Å². The van der Waals surface area contributed by atoms with Crippen molar-refractivity contribution in [2.45, 2.75) is 65.1 Å². The van der Waals surface area contributed by atoms with E-state index in [1.54, 1.807) is 11.1 Å². The first kappa shape index (κ1) is 13.6. The van der Waals surface area contributed by atoms with Crippen molar-refractivity contribution < 1.29 is 0 Å². The van der Waals surface area contributed by atoms with Crippen molar-refractivity contribution in [1.29, 1.82) is 0 Å². The van der Waals surface area contributed by atoms with Gasteiger partial charge in [0.1, 0.15) is 7.85 Å². The smallest absolute Gasteiger partial charge is 0.0856 e. The third-order valence-electron chi connectivity index (χ3n) is 4.11. The number of hydrogen-bond donors (Lipinski definition) is 0. The van der Waals surface area contributed by atoms with E-state index in [9.17, 15) is 0 Å². The molecule has 0 amide bonds. The molecule has 0 aromatic heterocycles. The summed E-state index contributed by atoms with van der Waals surface area (Å²) in [5, 5.41) is 0. The largest absolute Gasteiger partial charge is 0.105 e. The van der Waals surface area contributed by atoms with Gasteiger partial charge in [0.2, 0.25) is 0 Å². The summed E-state index contributed by atoms with van der Waals surface area (Å²) in [7, 11) is 2.42. The lowest BCUT2D eigenvalue weighted by Crippen LogP contribution is -2.06. The molecule has 2 atom stereocenters. The zero-order valence-corrected chi connectivity index (χ0v) is 11.6. The normalized spacial score (nSPS) is 36.2. The highest BCUT2D eigenvalue weighted by molar-refractivity contribution is 6.11. The first-order valence-electron chi connectivity index (χ1n) is 6.91. The Bertz CT molecular complexity index is 263. The summed E-state index contributed by atoms with van der Waals surface area (Å²) >= 11 is 0. The monoisotopic (exact) mass is 218 g/mol. The molecule has 0 heterocycles. The van der Waals surface area contributed by atoms with Crippen LogP contribution in [-0.4, -0.2) is 7.85 Å². The average molecular weight is 218 g/mol.